The molecule has 0 bridgehead atoms. The van der Waals surface area contributed by atoms with Crippen LogP contribution in [0.2, 0.25) is 0 Å². The molecule has 1 aromatic heterocycles. The molecule has 0 spiro atoms. The highest BCUT2D eigenvalue weighted by atomic mass is 127. The summed E-state index contributed by atoms with van der Waals surface area (Å²) in [4.78, 5) is 14.4. The highest BCUT2D eigenvalue weighted by molar-refractivity contribution is 14.1. The summed E-state index contributed by atoms with van der Waals surface area (Å²) >= 11 is 1.44. The molecule has 5 nitrogen and oxygen atoms in total. The lowest BCUT2D eigenvalue weighted by molar-refractivity contribution is -0.275. The van der Waals surface area contributed by atoms with E-state index in [0.717, 1.165) is 6.20 Å². The van der Waals surface area contributed by atoms with Gasteiger partial charge in [0.05, 0.1) is 21.0 Å². The second kappa shape index (κ2) is 5.04. The number of hydrogen-bond acceptors (Lipinski definition) is 4. The van der Waals surface area contributed by atoms with E-state index in [1.807, 2.05) is 0 Å². The maximum atomic E-state index is 12.0. The van der Waals surface area contributed by atoms with Crippen LogP contribution in [0.4, 0.5) is 13.2 Å². The van der Waals surface area contributed by atoms with Gasteiger partial charge < -0.3 is 15.6 Å². The molecule has 0 aliphatic rings. The van der Waals surface area contributed by atoms with Crippen LogP contribution in [0.25, 0.3) is 0 Å². The minimum atomic E-state index is -4.90. The summed E-state index contributed by atoms with van der Waals surface area (Å²) in [5.41, 5.74) is 4.86. The maximum absolute atomic E-state index is 12.0. The molecule has 0 saturated heterocycles. The largest absolute Gasteiger partial charge is 0.573 e. The van der Waals surface area contributed by atoms with E-state index in [9.17, 15) is 18.0 Å². The van der Waals surface area contributed by atoms with E-state index in [4.69, 9.17) is 10.8 Å². The number of nitrogens with two attached hydrogens (primary N) is 1. The molecule has 0 atom stereocenters. The maximum Gasteiger partial charge on any atom is 0.573 e. The molecule has 9 heteroatoms. The third-order valence-electron chi connectivity index (χ3n) is 1.69. The zero-order valence-electron chi connectivity index (χ0n) is 8.08. The summed E-state index contributed by atoms with van der Waals surface area (Å²) in [6.07, 6.45) is -4.11. The van der Waals surface area contributed by atoms with Crippen molar-refractivity contribution in [2.45, 2.75) is 12.9 Å². The SMILES string of the molecule is NCc1ncc(OC(F)(F)F)c(I)c1C(=O)O. The first-order valence-electron chi connectivity index (χ1n) is 4.12. The molecule has 1 rings (SSSR count). The fourth-order valence-electron chi connectivity index (χ4n) is 1.08. The monoisotopic (exact) mass is 362 g/mol. The van der Waals surface area contributed by atoms with Gasteiger partial charge in [-0.05, 0) is 22.6 Å². The molecule has 94 valence electrons. The van der Waals surface area contributed by atoms with Gasteiger partial charge in [0.2, 0.25) is 0 Å². The van der Waals surface area contributed by atoms with Gasteiger partial charge in [-0.25, -0.2) is 4.79 Å². The summed E-state index contributed by atoms with van der Waals surface area (Å²) in [5.74, 6) is -2.07. The molecule has 0 fully saturated rings. The molecular weight excluding hydrogens is 356 g/mol. The van der Waals surface area contributed by atoms with Crippen LogP contribution in [0.1, 0.15) is 16.1 Å². The number of carboxylic acids is 1. The Morgan fingerprint density at radius 2 is 2.18 bits per heavy atom. The molecule has 17 heavy (non-hydrogen) atoms. The van der Waals surface area contributed by atoms with Crippen molar-refractivity contribution in [3.63, 3.8) is 0 Å². The Bertz CT molecular complexity index is 450. The fourth-order valence-corrected chi connectivity index (χ4v) is 1.87. The third kappa shape index (κ3) is 3.43. The number of pyridine rings is 1. The zero-order chi connectivity index (χ0) is 13.2. The highest BCUT2D eigenvalue weighted by Crippen LogP contribution is 2.30. The predicted octanol–water partition coefficient (Wildman–Crippen LogP) is 1.74. The van der Waals surface area contributed by atoms with Crippen LogP contribution in [0, 0.1) is 3.57 Å². The Hall–Kier alpha value is -1.10. The van der Waals surface area contributed by atoms with Crippen LogP contribution in [-0.2, 0) is 6.54 Å². The smallest absolute Gasteiger partial charge is 0.478 e. The van der Waals surface area contributed by atoms with E-state index in [-0.39, 0.29) is 21.4 Å². The molecule has 1 aromatic rings. The summed E-state index contributed by atoms with van der Waals surface area (Å²) in [6, 6.07) is 0. The number of ether oxygens (including phenoxy) is 1. The van der Waals surface area contributed by atoms with Crippen molar-refractivity contribution in [1.29, 1.82) is 0 Å². The third-order valence-corrected chi connectivity index (χ3v) is 2.77. The lowest BCUT2D eigenvalue weighted by atomic mass is 10.2. The lowest BCUT2D eigenvalue weighted by Gasteiger charge is -2.13. The molecule has 0 aliphatic heterocycles. The van der Waals surface area contributed by atoms with Crippen LogP contribution in [0.3, 0.4) is 0 Å². The van der Waals surface area contributed by atoms with Gasteiger partial charge in [0.15, 0.2) is 5.75 Å². The molecule has 0 unspecified atom stereocenters. The molecule has 0 aromatic carbocycles. The number of hydrogen-bond donors (Lipinski definition) is 2. The molecule has 1 heterocycles. The number of carbonyl (C=O) groups is 1. The van der Waals surface area contributed by atoms with Gasteiger partial charge in [0, 0.05) is 6.54 Å². The van der Waals surface area contributed by atoms with Crippen molar-refractivity contribution in [2.75, 3.05) is 0 Å². The van der Waals surface area contributed by atoms with E-state index >= 15 is 0 Å². The molecule has 3 N–H and O–H groups in total. The minimum absolute atomic E-state index is 0.00331. The Labute approximate surface area is 107 Å². The molecule has 0 aliphatic carbocycles. The molecule has 0 saturated carbocycles. The van der Waals surface area contributed by atoms with Crippen molar-refractivity contribution < 1.29 is 27.8 Å². The van der Waals surface area contributed by atoms with Crippen molar-refractivity contribution in [3.8, 4) is 5.75 Å². The van der Waals surface area contributed by atoms with Crippen LogP contribution < -0.4 is 10.5 Å². The predicted molar refractivity (Wildman–Crippen MR) is 58.5 cm³/mol. The van der Waals surface area contributed by atoms with E-state index in [1.165, 1.54) is 22.6 Å². The first-order valence-corrected chi connectivity index (χ1v) is 5.20. The summed E-state index contributed by atoms with van der Waals surface area (Å²) in [5, 5.41) is 8.86. The van der Waals surface area contributed by atoms with Gasteiger partial charge in [-0.1, -0.05) is 0 Å². The molecule has 0 amide bonds. The zero-order valence-corrected chi connectivity index (χ0v) is 10.2. The lowest BCUT2D eigenvalue weighted by Crippen LogP contribution is -2.20. The first kappa shape index (κ1) is 14.0. The van der Waals surface area contributed by atoms with Crippen LogP contribution in [0.5, 0.6) is 5.75 Å². The average molecular weight is 362 g/mol. The van der Waals surface area contributed by atoms with Gasteiger partial charge in [-0.2, -0.15) is 0 Å². The Balaban J connectivity index is 3.28. The minimum Gasteiger partial charge on any atom is -0.478 e. The van der Waals surface area contributed by atoms with Crippen molar-refractivity contribution in [1.82, 2.24) is 4.98 Å². The number of nitrogens with zero attached hydrogens (tertiary/aromatic N) is 1. The van der Waals surface area contributed by atoms with Gasteiger partial charge in [-0.15, -0.1) is 13.2 Å². The summed E-state index contributed by atoms with van der Waals surface area (Å²) < 4.78 is 39.5. The van der Waals surface area contributed by atoms with Crippen molar-refractivity contribution >= 4 is 28.6 Å². The number of alkyl halides is 3. The van der Waals surface area contributed by atoms with Gasteiger partial charge in [-0.3, -0.25) is 4.98 Å². The van der Waals surface area contributed by atoms with E-state index in [1.54, 1.807) is 0 Å². The van der Waals surface area contributed by atoms with E-state index < -0.39 is 18.1 Å². The van der Waals surface area contributed by atoms with Crippen LogP contribution in [0.15, 0.2) is 6.20 Å². The average Bonchev–Trinajstić information content (AvgIpc) is 2.18. The normalized spacial score (nSPS) is 11.4. The quantitative estimate of drug-likeness (QED) is 0.801. The standard InChI is InChI=1S/C8H6F3IN2O3/c9-8(10,11)17-4-2-14-3(1-13)5(6(4)12)7(15)16/h2H,1,13H2,(H,15,16). The van der Waals surface area contributed by atoms with Crippen LogP contribution in [-0.4, -0.2) is 22.4 Å². The van der Waals surface area contributed by atoms with E-state index in [0.29, 0.717) is 0 Å². The first-order chi connectivity index (χ1) is 7.76. The molecule has 0 radical (unpaired) electrons. The second-order valence-corrected chi connectivity index (χ2v) is 3.89. The van der Waals surface area contributed by atoms with Gasteiger partial charge >= 0.3 is 12.3 Å². The fraction of sp³-hybridized carbons (Fsp3) is 0.250. The number of aromatic nitrogens is 1. The second-order valence-electron chi connectivity index (χ2n) is 2.82. The number of carboxylic acid groups (broad SMARTS) is 1. The number of rotatable bonds is 3. The van der Waals surface area contributed by atoms with Crippen molar-refractivity contribution in [2.24, 2.45) is 5.73 Å². The Kier molecular flexibility index (Phi) is 4.14. The van der Waals surface area contributed by atoms with Crippen molar-refractivity contribution in [3.05, 3.63) is 21.0 Å². The van der Waals surface area contributed by atoms with Gasteiger partial charge in [0.25, 0.3) is 0 Å². The Morgan fingerprint density at radius 1 is 1.59 bits per heavy atom. The summed E-state index contributed by atoms with van der Waals surface area (Å²) in [7, 11) is 0. The van der Waals surface area contributed by atoms with E-state index in [2.05, 4.69) is 9.72 Å². The van der Waals surface area contributed by atoms with Crippen LogP contribution >= 0.6 is 22.6 Å². The topological polar surface area (TPSA) is 85.4 Å². The number of aromatic carboxylic acids is 1. The number of halogens is 4. The van der Waals surface area contributed by atoms with Gasteiger partial charge in [0.1, 0.15) is 0 Å². The molecular formula is C8H6F3IN2O3. The Morgan fingerprint density at radius 3 is 2.59 bits per heavy atom. The summed E-state index contributed by atoms with van der Waals surface area (Å²) in [6.45, 7) is -0.191. The highest BCUT2D eigenvalue weighted by Gasteiger charge is 2.33.